The summed E-state index contributed by atoms with van der Waals surface area (Å²) in [6.07, 6.45) is 4.41. The van der Waals surface area contributed by atoms with Crippen molar-refractivity contribution in [3.63, 3.8) is 0 Å². The minimum Gasteiger partial charge on any atom is -0.445 e. The number of furan rings is 1. The number of carbonyl (C=O) groups is 2. The van der Waals surface area contributed by atoms with Gasteiger partial charge in [0.05, 0.1) is 6.54 Å². The van der Waals surface area contributed by atoms with Crippen LogP contribution in [-0.2, 0) is 9.59 Å². The van der Waals surface area contributed by atoms with Crippen LogP contribution in [0.4, 0.5) is 11.7 Å². The van der Waals surface area contributed by atoms with Gasteiger partial charge < -0.3 is 9.73 Å². The summed E-state index contributed by atoms with van der Waals surface area (Å²) in [7, 11) is 0. The number of anilines is 2. The topological polar surface area (TPSA) is 104 Å². The van der Waals surface area contributed by atoms with E-state index in [9.17, 15) is 9.59 Å². The van der Waals surface area contributed by atoms with E-state index in [4.69, 9.17) is 4.42 Å². The van der Waals surface area contributed by atoms with Gasteiger partial charge in [-0.1, -0.05) is 6.92 Å². The molecule has 1 fully saturated rings. The van der Waals surface area contributed by atoms with E-state index < -0.39 is 0 Å². The van der Waals surface area contributed by atoms with Crippen molar-refractivity contribution in [1.29, 1.82) is 0 Å². The van der Waals surface area contributed by atoms with E-state index in [1.807, 2.05) is 30.2 Å². The first-order valence-corrected chi connectivity index (χ1v) is 11.0. The van der Waals surface area contributed by atoms with Gasteiger partial charge in [0.2, 0.25) is 17.7 Å². The molecule has 0 radical (unpaired) electrons. The molecule has 3 aromatic rings. The summed E-state index contributed by atoms with van der Waals surface area (Å²) >= 11 is 1.47. The third-order valence-electron chi connectivity index (χ3n) is 5.05. The maximum Gasteiger partial charge on any atom is 0.249 e. The van der Waals surface area contributed by atoms with Crippen molar-refractivity contribution in [2.45, 2.75) is 32.7 Å². The third kappa shape index (κ3) is 4.97. The minimum atomic E-state index is -0.166. The standard InChI is InChI=1S/C21H24N6O3S/c1-3-18(28)25-15-6-8-26(11-15)12-19(29)27(20-5-4-14(2)30-20)17-10-16(23-13-24-17)21-22-7-9-31-21/h4-5,7,9-10,13,15H,3,6,8,11-12H2,1-2H3,(H,25,28). The van der Waals surface area contributed by atoms with Gasteiger partial charge in [-0.3, -0.25) is 14.5 Å². The molecule has 4 rings (SSSR count). The van der Waals surface area contributed by atoms with Gasteiger partial charge in [0.1, 0.15) is 28.6 Å². The molecule has 0 saturated carbocycles. The fourth-order valence-corrected chi connectivity index (χ4v) is 4.13. The molecule has 0 aromatic carbocycles. The molecular formula is C21H24N6O3S. The van der Waals surface area contributed by atoms with Crippen LogP contribution in [0.25, 0.3) is 10.7 Å². The Morgan fingerprint density at radius 3 is 2.90 bits per heavy atom. The van der Waals surface area contributed by atoms with Crippen LogP contribution in [0.3, 0.4) is 0 Å². The molecule has 0 bridgehead atoms. The summed E-state index contributed by atoms with van der Waals surface area (Å²) < 4.78 is 5.76. The van der Waals surface area contributed by atoms with Crippen molar-refractivity contribution >= 4 is 34.9 Å². The quantitative estimate of drug-likeness (QED) is 0.602. The Labute approximate surface area is 184 Å². The lowest BCUT2D eigenvalue weighted by Crippen LogP contribution is -2.40. The number of carbonyl (C=O) groups excluding carboxylic acids is 2. The van der Waals surface area contributed by atoms with Gasteiger partial charge in [-0.15, -0.1) is 11.3 Å². The summed E-state index contributed by atoms with van der Waals surface area (Å²) in [4.78, 5) is 41.4. The minimum absolute atomic E-state index is 0.0292. The molecule has 1 aliphatic rings. The molecule has 0 spiro atoms. The van der Waals surface area contributed by atoms with Gasteiger partial charge >= 0.3 is 0 Å². The second-order valence-electron chi connectivity index (χ2n) is 7.35. The highest BCUT2D eigenvalue weighted by atomic mass is 32.1. The molecule has 0 aliphatic carbocycles. The SMILES string of the molecule is CCC(=O)NC1CCN(CC(=O)N(c2cc(-c3nccs3)ncn2)c2ccc(C)o2)C1. The summed E-state index contributed by atoms with van der Waals surface area (Å²) in [5.74, 6) is 1.39. The number of likely N-dealkylation sites (tertiary alicyclic amines) is 1. The lowest BCUT2D eigenvalue weighted by molar-refractivity contribution is -0.121. The van der Waals surface area contributed by atoms with Crippen molar-refractivity contribution in [2.24, 2.45) is 0 Å². The van der Waals surface area contributed by atoms with E-state index in [1.165, 1.54) is 22.6 Å². The molecule has 10 heteroatoms. The molecule has 31 heavy (non-hydrogen) atoms. The number of aryl methyl sites for hydroxylation is 1. The lowest BCUT2D eigenvalue weighted by Gasteiger charge is -2.23. The zero-order chi connectivity index (χ0) is 21.8. The smallest absolute Gasteiger partial charge is 0.249 e. The Kier molecular flexibility index (Phi) is 6.38. The molecule has 1 N–H and O–H groups in total. The average molecular weight is 441 g/mol. The van der Waals surface area contributed by atoms with E-state index in [2.05, 4.69) is 20.3 Å². The second kappa shape index (κ2) is 9.36. The summed E-state index contributed by atoms with van der Waals surface area (Å²) in [5.41, 5.74) is 0.643. The van der Waals surface area contributed by atoms with Gasteiger partial charge in [0, 0.05) is 49.3 Å². The largest absolute Gasteiger partial charge is 0.445 e. The van der Waals surface area contributed by atoms with Gasteiger partial charge in [0.25, 0.3) is 0 Å². The molecule has 1 atom stereocenters. The van der Waals surface area contributed by atoms with E-state index in [0.29, 0.717) is 36.1 Å². The predicted molar refractivity (Wildman–Crippen MR) is 117 cm³/mol. The molecule has 162 valence electrons. The first-order chi connectivity index (χ1) is 15.0. The number of hydrogen-bond donors (Lipinski definition) is 1. The van der Waals surface area contributed by atoms with Gasteiger partial charge in [-0.2, -0.15) is 0 Å². The molecule has 9 nitrogen and oxygen atoms in total. The van der Waals surface area contributed by atoms with Crippen molar-refractivity contribution in [2.75, 3.05) is 24.5 Å². The first kappa shape index (κ1) is 21.1. The second-order valence-corrected chi connectivity index (χ2v) is 8.25. The highest BCUT2D eigenvalue weighted by Crippen LogP contribution is 2.29. The number of hydrogen-bond acceptors (Lipinski definition) is 8. The number of thiazole rings is 1. The number of amides is 2. The van der Waals surface area contributed by atoms with Crippen molar-refractivity contribution < 1.29 is 14.0 Å². The first-order valence-electron chi connectivity index (χ1n) is 10.2. The summed E-state index contributed by atoms with van der Waals surface area (Å²) in [5, 5.41) is 5.62. The van der Waals surface area contributed by atoms with Gasteiger partial charge in [0.15, 0.2) is 0 Å². The van der Waals surface area contributed by atoms with Crippen LogP contribution < -0.4 is 10.2 Å². The van der Waals surface area contributed by atoms with Crippen LogP contribution in [0.2, 0.25) is 0 Å². The van der Waals surface area contributed by atoms with Crippen molar-refractivity contribution in [3.8, 4) is 10.7 Å². The van der Waals surface area contributed by atoms with Crippen LogP contribution in [0.15, 0.2) is 40.5 Å². The Bertz CT molecular complexity index is 1050. The summed E-state index contributed by atoms with van der Waals surface area (Å²) in [6.45, 7) is 5.22. The molecule has 1 aliphatic heterocycles. The number of nitrogens with zero attached hydrogens (tertiary/aromatic N) is 5. The zero-order valence-electron chi connectivity index (χ0n) is 17.4. The fourth-order valence-electron chi connectivity index (χ4n) is 3.53. The molecule has 2 amide bonds. The van der Waals surface area contributed by atoms with Crippen molar-refractivity contribution in [1.82, 2.24) is 25.2 Å². The lowest BCUT2D eigenvalue weighted by atomic mass is 10.2. The maximum absolute atomic E-state index is 13.4. The van der Waals surface area contributed by atoms with Crippen molar-refractivity contribution in [3.05, 3.63) is 41.9 Å². The van der Waals surface area contributed by atoms with Crippen LogP contribution in [-0.4, -0.2) is 57.3 Å². The molecular weight excluding hydrogens is 416 g/mol. The van der Waals surface area contributed by atoms with E-state index in [0.717, 1.165) is 18.0 Å². The van der Waals surface area contributed by atoms with Crippen LogP contribution in [0, 0.1) is 6.92 Å². The Morgan fingerprint density at radius 2 is 2.19 bits per heavy atom. The van der Waals surface area contributed by atoms with E-state index in [-0.39, 0.29) is 24.4 Å². The molecule has 1 unspecified atom stereocenters. The monoisotopic (exact) mass is 440 g/mol. The highest BCUT2D eigenvalue weighted by molar-refractivity contribution is 7.13. The van der Waals surface area contributed by atoms with Crippen LogP contribution in [0.5, 0.6) is 0 Å². The molecule has 3 aromatic heterocycles. The number of nitrogens with one attached hydrogen (secondary N) is 1. The van der Waals surface area contributed by atoms with Gasteiger partial charge in [-0.05, 0) is 19.4 Å². The Balaban J connectivity index is 1.55. The average Bonchev–Trinajstić information content (AvgIpc) is 3.52. The van der Waals surface area contributed by atoms with E-state index >= 15 is 0 Å². The maximum atomic E-state index is 13.4. The predicted octanol–water partition coefficient (Wildman–Crippen LogP) is 2.77. The third-order valence-corrected chi connectivity index (χ3v) is 5.84. The molecule has 4 heterocycles. The Hall–Kier alpha value is -3.11. The van der Waals surface area contributed by atoms with Gasteiger partial charge in [-0.25, -0.2) is 19.9 Å². The summed E-state index contributed by atoms with van der Waals surface area (Å²) in [6, 6.07) is 5.37. The van der Waals surface area contributed by atoms with Crippen LogP contribution in [0.1, 0.15) is 25.5 Å². The fraction of sp³-hybridized carbons (Fsp3) is 0.381. The van der Waals surface area contributed by atoms with E-state index in [1.54, 1.807) is 18.3 Å². The molecule has 1 saturated heterocycles. The highest BCUT2D eigenvalue weighted by Gasteiger charge is 2.29. The van der Waals surface area contributed by atoms with Crippen LogP contribution >= 0.6 is 11.3 Å². The number of rotatable bonds is 7. The normalized spacial score (nSPS) is 16.4. The zero-order valence-corrected chi connectivity index (χ0v) is 18.3. The number of aromatic nitrogens is 3. The Morgan fingerprint density at radius 1 is 1.32 bits per heavy atom.